The van der Waals surface area contributed by atoms with Crippen molar-refractivity contribution in [1.29, 1.82) is 0 Å². The molecule has 0 fully saturated rings. The van der Waals surface area contributed by atoms with Gasteiger partial charge in [-0.2, -0.15) is 5.10 Å². The van der Waals surface area contributed by atoms with E-state index in [0.29, 0.717) is 28.8 Å². The maximum atomic E-state index is 13.1. The van der Waals surface area contributed by atoms with E-state index in [4.69, 9.17) is 37.8 Å². The molecular formula is C30H33Cl2N7O4. The van der Waals surface area contributed by atoms with E-state index in [9.17, 15) is 9.59 Å². The third-order valence-corrected chi connectivity index (χ3v) is 7.02. The number of hydrogen-bond donors (Lipinski definition) is 4. The number of anilines is 3. The van der Waals surface area contributed by atoms with Crippen LogP contribution in [0.25, 0.3) is 5.69 Å². The van der Waals surface area contributed by atoms with Crippen molar-refractivity contribution in [3.8, 4) is 17.2 Å². The molecule has 4 aromatic rings. The molecule has 0 radical (unpaired) electrons. The quantitative estimate of drug-likeness (QED) is 0.163. The summed E-state index contributed by atoms with van der Waals surface area (Å²) >= 11 is 13.0. The van der Waals surface area contributed by atoms with Gasteiger partial charge in [-0.15, -0.1) is 0 Å². The van der Waals surface area contributed by atoms with Crippen molar-refractivity contribution < 1.29 is 19.1 Å². The van der Waals surface area contributed by atoms with Crippen LogP contribution in [0.2, 0.25) is 10.0 Å². The molecule has 3 amide bonds. The Morgan fingerprint density at radius 3 is 2.37 bits per heavy atom. The molecule has 2 heterocycles. The maximum absolute atomic E-state index is 13.1. The normalized spacial score (nSPS) is 11.1. The molecule has 0 atom stereocenters. The molecule has 0 spiro atoms. The van der Waals surface area contributed by atoms with Crippen LogP contribution in [0, 0.1) is 0 Å². The maximum Gasteiger partial charge on any atom is 0.324 e. The zero-order valence-electron chi connectivity index (χ0n) is 24.4. The Hall–Kier alpha value is -4.32. The Morgan fingerprint density at radius 1 is 0.953 bits per heavy atom. The van der Waals surface area contributed by atoms with Gasteiger partial charge >= 0.3 is 6.03 Å². The van der Waals surface area contributed by atoms with Crippen molar-refractivity contribution in [2.75, 3.05) is 36.7 Å². The average Bonchev–Trinajstić information content (AvgIpc) is 3.40. The molecule has 0 saturated carbocycles. The summed E-state index contributed by atoms with van der Waals surface area (Å²) in [5.41, 5.74) is 2.34. The van der Waals surface area contributed by atoms with Crippen LogP contribution in [-0.4, -0.2) is 47.4 Å². The first-order chi connectivity index (χ1) is 20.5. The van der Waals surface area contributed by atoms with Crippen LogP contribution in [0.1, 0.15) is 32.0 Å². The second-order valence-electron chi connectivity index (χ2n) is 10.5. The minimum atomic E-state index is -0.536. The van der Waals surface area contributed by atoms with Crippen molar-refractivity contribution in [2.45, 2.75) is 32.8 Å². The summed E-state index contributed by atoms with van der Waals surface area (Å²) < 4.78 is 12.8. The van der Waals surface area contributed by atoms with Gasteiger partial charge in [0.05, 0.1) is 35.7 Å². The Labute approximate surface area is 259 Å². The fourth-order valence-electron chi connectivity index (χ4n) is 3.91. The molecule has 11 nitrogen and oxygen atoms in total. The van der Waals surface area contributed by atoms with Gasteiger partial charge in [-0.1, -0.05) is 44.0 Å². The molecule has 43 heavy (non-hydrogen) atoms. The summed E-state index contributed by atoms with van der Waals surface area (Å²) in [6.07, 6.45) is 1.57. The van der Waals surface area contributed by atoms with E-state index in [1.54, 1.807) is 49.3 Å². The highest BCUT2D eigenvalue weighted by Crippen LogP contribution is 2.38. The SMILES string of the molecule is CNCC(=O)Nc1cc(COc2ccc(NC(=O)Nc3cc(C(C)(C)C)nn3-c3ccc(OC)cc3)c(Cl)c2Cl)ccn1. The molecule has 0 aliphatic carbocycles. The van der Waals surface area contributed by atoms with Gasteiger partial charge < -0.3 is 25.4 Å². The summed E-state index contributed by atoms with van der Waals surface area (Å²) in [7, 11) is 3.28. The van der Waals surface area contributed by atoms with Crippen molar-refractivity contribution in [3.05, 3.63) is 82.1 Å². The number of pyridine rings is 1. The molecule has 226 valence electrons. The lowest BCUT2D eigenvalue weighted by atomic mass is 9.92. The number of ether oxygens (including phenoxy) is 2. The number of carbonyl (C=O) groups excluding carboxylic acids is 2. The van der Waals surface area contributed by atoms with E-state index in [1.807, 2.05) is 51.1 Å². The molecule has 0 aliphatic heterocycles. The van der Waals surface area contributed by atoms with Gasteiger partial charge in [0.2, 0.25) is 5.91 Å². The first kappa shape index (κ1) is 31.6. The number of nitrogens with zero attached hydrogens (tertiary/aromatic N) is 3. The lowest BCUT2D eigenvalue weighted by molar-refractivity contribution is -0.115. The molecule has 0 saturated heterocycles. The standard InChI is InChI=1S/C30H33Cl2N7O4/c1-30(2,3)23-15-25(39(38-23)19-6-8-20(42-5)9-7-19)37-29(41)35-21-10-11-22(28(32)27(21)31)43-17-18-12-13-34-24(14-18)36-26(40)16-33-4/h6-15,33H,16-17H2,1-5H3,(H,34,36,40)(H2,35,37,41). The molecule has 0 aliphatic rings. The summed E-state index contributed by atoms with van der Waals surface area (Å²) in [6, 6.07) is 15.3. The highest BCUT2D eigenvalue weighted by atomic mass is 35.5. The number of likely N-dealkylation sites (N-methyl/N-ethyl adjacent to an activating group) is 1. The minimum Gasteiger partial charge on any atom is -0.497 e. The van der Waals surface area contributed by atoms with E-state index < -0.39 is 6.03 Å². The zero-order chi connectivity index (χ0) is 31.1. The number of carbonyl (C=O) groups is 2. The lowest BCUT2D eigenvalue weighted by Crippen LogP contribution is -2.25. The van der Waals surface area contributed by atoms with Gasteiger partial charge in [0, 0.05) is 17.7 Å². The van der Waals surface area contributed by atoms with Gasteiger partial charge in [-0.05, 0) is 61.1 Å². The largest absolute Gasteiger partial charge is 0.497 e. The van der Waals surface area contributed by atoms with Crippen LogP contribution in [0.4, 0.5) is 22.1 Å². The van der Waals surface area contributed by atoms with Gasteiger partial charge in [0.25, 0.3) is 0 Å². The Morgan fingerprint density at radius 2 is 1.70 bits per heavy atom. The average molecular weight is 627 g/mol. The van der Waals surface area contributed by atoms with E-state index >= 15 is 0 Å². The zero-order valence-corrected chi connectivity index (χ0v) is 25.9. The fraction of sp³-hybridized carbons (Fsp3) is 0.267. The lowest BCUT2D eigenvalue weighted by Gasteiger charge is -2.14. The van der Waals surface area contributed by atoms with Gasteiger partial charge in [-0.3, -0.25) is 10.1 Å². The highest BCUT2D eigenvalue weighted by Gasteiger charge is 2.22. The molecular weight excluding hydrogens is 593 g/mol. The number of halogens is 2. The number of benzene rings is 2. The highest BCUT2D eigenvalue weighted by molar-refractivity contribution is 6.45. The van der Waals surface area contributed by atoms with Crippen molar-refractivity contribution in [1.82, 2.24) is 20.1 Å². The van der Waals surface area contributed by atoms with Gasteiger partial charge in [0.1, 0.15) is 34.8 Å². The fourth-order valence-corrected chi connectivity index (χ4v) is 4.33. The van der Waals surface area contributed by atoms with Crippen LogP contribution in [0.15, 0.2) is 60.8 Å². The molecule has 0 bridgehead atoms. The monoisotopic (exact) mass is 625 g/mol. The number of aromatic nitrogens is 3. The van der Waals surface area contributed by atoms with Crippen LogP contribution >= 0.6 is 23.2 Å². The molecule has 2 aromatic carbocycles. The number of nitrogens with one attached hydrogen (secondary N) is 4. The predicted octanol–water partition coefficient (Wildman–Crippen LogP) is 6.26. The van der Waals surface area contributed by atoms with Crippen LogP contribution < -0.4 is 30.7 Å². The Kier molecular flexibility index (Phi) is 10.1. The minimum absolute atomic E-state index is 0.114. The number of hydrogen-bond acceptors (Lipinski definition) is 7. The van der Waals surface area contributed by atoms with E-state index in [-0.39, 0.29) is 34.5 Å². The van der Waals surface area contributed by atoms with Crippen molar-refractivity contribution in [3.63, 3.8) is 0 Å². The third kappa shape index (κ3) is 8.16. The second-order valence-corrected chi connectivity index (χ2v) is 11.3. The number of rotatable bonds is 10. The summed E-state index contributed by atoms with van der Waals surface area (Å²) in [5, 5.41) is 16.1. The summed E-state index contributed by atoms with van der Waals surface area (Å²) in [4.78, 5) is 29.0. The summed E-state index contributed by atoms with van der Waals surface area (Å²) in [5.74, 6) is 1.68. The van der Waals surface area contributed by atoms with Gasteiger partial charge in [0.15, 0.2) is 0 Å². The molecule has 4 N–H and O–H groups in total. The van der Waals surface area contributed by atoms with E-state index in [1.165, 1.54) is 0 Å². The first-order valence-corrected chi connectivity index (χ1v) is 14.1. The molecule has 0 unspecified atom stereocenters. The van der Waals surface area contributed by atoms with Crippen LogP contribution in [0.3, 0.4) is 0 Å². The first-order valence-electron chi connectivity index (χ1n) is 13.3. The number of urea groups is 1. The third-order valence-electron chi connectivity index (χ3n) is 6.15. The van der Waals surface area contributed by atoms with E-state index in [0.717, 1.165) is 16.9 Å². The van der Waals surface area contributed by atoms with Crippen LogP contribution in [-0.2, 0) is 16.8 Å². The molecule has 13 heteroatoms. The number of amides is 3. The second kappa shape index (κ2) is 13.8. The number of methoxy groups -OCH3 is 1. The predicted molar refractivity (Wildman–Crippen MR) is 169 cm³/mol. The van der Waals surface area contributed by atoms with Crippen LogP contribution in [0.5, 0.6) is 11.5 Å². The van der Waals surface area contributed by atoms with Gasteiger partial charge in [-0.25, -0.2) is 14.5 Å². The topological polar surface area (TPSA) is 131 Å². The smallest absolute Gasteiger partial charge is 0.324 e. The molecule has 4 rings (SSSR count). The van der Waals surface area contributed by atoms with Crippen molar-refractivity contribution in [2.24, 2.45) is 0 Å². The van der Waals surface area contributed by atoms with E-state index in [2.05, 4.69) is 26.3 Å². The van der Waals surface area contributed by atoms with Crippen molar-refractivity contribution >= 4 is 52.5 Å². The molecule has 2 aromatic heterocycles. The summed E-state index contributed by atoms with van der Waals surface area (Å²) in [6.45, 7) is 6.43. The Balaban J connectivity index is 1.46. The Bertz CT molecular complexity index is 1600.